The molecule has 23 heteroatoms. The summed E-state index contributed by atoms with van der Waals surface area (Å²) < 4.78 is 50.8. The van der Waals surface area contributed by atoms with Gasteiger partial charge in [0.05, 0.1) is 19.5 Å². The molecule has 2 aromatic heterocycles. The zero-order valence-electron chi connectivity index (χ0n) is 22.4. The number of allylic oxidation sites excluding steroid dienone is 1. The van der Waals surface area contributed by atoms with Gasteiger partial charge in [-0.25, -0.2) is 24.1 Å². The third kappa shape index (κ3) is 6.70. The molecule has 0 spiro atoms. The molecular formula is C21H29N7O14P2. The van der Waals surface area contributed by atoms with Crippen LogP contribution in [0.25, 0.3) is 11.2 Å². The number of nitrogen functional groups attached to an aromatic ring is 1. The van der Waals surface area contributed by atoms with E-state index in [4.69, 9.17) is 30.0 Å². The molecule has 21 nitrogen and oxygen atoms in total. The lowest BCUT2D eigenvalue weighted by molar-refractivity contribution is -0.115. The van der Waals surface area contributed by atoms with Gasteiger partial charge in [0.2, 0.25) is 5.91 Å². The second-order valence-electron chi connectivity index (χ2n) is 9.84. The maximum Gasteiger partial charge on any atom is 0.481 e. The smallest absolute Gasteiger partial charge is 0.387 e. The summed E-state index contributed by atoms with van der Waals surface area (Å²) in [5.74, 6) is -0.658. The Bertz CT molecular complexity index is 1560. The molecule has 0 radical (unpaired) electrons. The van der Waals surface area contributed by atoms with Gasteiger partial charge in [-0.2, -0.15) is 4.31 Å². The number of hydrogen-bond donors (Lipinski definition) is 8. The van der Waals surface area contributed by atoms with Crippen molar-refractivity contribution in [2.24, 2.45) is 5.73 Å². The number of carbonyl (C=O) groups excluding carboxylic acids is 1. The van der Waals surface area contributed by atoms with E-state index >= 15 is 0 Å². The lowest BCUT2D eigenvalue weighted by Crippen LogP contribution is -2.40. The van der Waals surface area contributed by atoms with Crippen LogP contribution in [0.4, 0.5) is 5.82 Å². The number of phosphoric ester groups is 2. The Morgan fingerprint density at radius 3 is 2.16 bits per heavy atom. The lowest BCUT2D eigenvalue weighted by Gasteiger charge is -2.28. The Hall–Kier alpha value is -2.88. The monoisotopic (exact) mass is 665 g/mol. The summed E-state index contributed by atoms with van der Waals surface area (Å²) in [6, 6.07) is 0. The average Bonchev–Trinajstić information content (AvgIpc) is 3.61. The number of nitrogens with zero attached hydrogens (tertiary/aromatic N) is 5. The van der Waals surface area contributed by atoms with Crippen molar-refractivity contribution in [3.05, 3.63) is 36.7 Å². The fourth-order valence-corrected chi connectivity index (χ4v) is 6.77. The van der Waals surface area contributed by atoms with E-state index in [1.54, 1.807) is 6.08 Å². The molecule has 2 saturated heterocycles. The summed E-state index contributed by atoms with van der Waals surface area (Å²) in [6.07, 6.45) is -4.88. The van der Waals surface area contributed by atoms with Crippen LogP contribution in [0.15, 0.2) is 36.7 Å². The second-order valence-corrected chi connectivity index (χ2v) is 12.9. The number of aliphatic hydroxyl groups excluding tert-OH is 4. The molecule has 10 N–H and O–H groups in total. The van der Waals surface area contributed by atoms with E-state index in [0.717, 1.165) is 6.33 Å². The van der Waals surface area contributed by atoms with Crippen LogP contribution in [0.5, 0.6) is 0 Å². The number of phosphoric acid groups is 2. The van der Waals surface area contributed by atoms with E-state index in [2.05, 4.69) is 19.3 Å². The zero-order valence-corrected chi connectivity index (χ0v) is 24.2. The molecule has 0 aromatic carbocycles. The number of primary amides is 1. The molecule has 6 unspecified atom stereocenters. The van der Waals surface area contributed by atoms with Gasteiger partial charge < -0.3 is 56.1 Å². The minimum Gasteiger partial charge on any atom is -0.387 e. The SMILES string of the molecule is NC(=O)C1=CN(C2O[C@H](COP(=O)(O)OP(=O)(O)OC[C@H]3OC(n4cnc5c(N)ncnc54)C(O)C3O)[C@@H](O)[C@H]2O)C=CC1. The van der Waals surface area contributed by atoms with E-state index in [9.17, 15) is 44.1 Å². The van der Waals surface area contributed by atoms with Crippen molar-refractivity contribution in [2.45, 2.75) is 55.5 Å². The van der Waals surface area contributed by atoms with Gasteiger partial charge in [0.1, 0.15) is 48.5 Å². The van der Waals surface area contributed by atoms with Crippen molar-refractivity contribution in [1.82, 2.24) is 24.4 Å². The molecule has 2 fully saturated rings. The van der Waals surface area contributed by atoms with Gasteiger partial charge in [0.15, 0.2) is 23.9 Å². The van der Waals surface area contributed by atoms with Gasteiger partial charge in [0.25, 0.3) is 0 Å². The van der Waals surface area contributed by atoms with Gasteiger partial charge in [-0.05, 0) is 6.42 Å². The van der Waals surface area contributed by atoms with Crippen LogP contribution < -0.4 is 11.5 Å². The molecule has 0 saturated carbocycles. The topological polar surface area (TPSA) is 318 Å². The number of carbonyl (C=O) groups is 1. The number of ether oxygens (including phenoxy) is 2. The predicted molar refractivity (Wildman–Crippen MR) is 142 cm³/mol. The summed E-state index contributed by atoms with van der Waals surface area (Å²) in [5.41, 5.74) is 11.6. The number of aliphatic hydroxyl groups is 4. The van der Waals surface area contributed by atoms with Gasteiger partial charge >= 0.3 is 15.6 Å². The molecule has 5 heterocycles. The van der Waals surface area contributed by atoms with Crippen molar-refractivity contribution >= 4 is 38.5 Å². The molecule has 3 aliphatic rings. The van der Waals surface area contributed by atoms with Gasteiger partial charge in [-0.15, -0.1) is 0 Å². The maximum absolute atomic E-state index is 12.4. The number of amides is 1. The Morgan fingerprint density at radius 1 is 0.955 bits per heavy atom. The van der Waals surface area contributed by atoms with Crippen molar-refractivity contribution < 1.29 is 67.0 Å². The Kier molecular flexibility index (Phi) is 9.23. The summed E-state index contributed by atoms with van der Waals surface area (Å²) in [7, 11) is -10.7. The average molecular weight is 665 g/mol. The summed E-state index contributed by atoms with van der Waals surface area (Å²) in [5, 5.41) is 41.6. The van der Waals surface area contributed by atoms with Gasteiger partial charge in [0, 0.05) is 18.0 Å². The van der Waals surface area contributed by atoms with Crippen molar-refractivity contribution in [2.75, 3.05) is 18.9 Å². The zero-order chi connectivity index (χ0) is 32.0. The van der Waals surface area contributed by atoms with Crippen LogP contribution in [0, 0.1) is 0 Å². The number of imidazole rings is 1. The summed E-state index contributed by atoms with van der Waals surface area (Å²) >= 11 is 0. The highest BCUT2D eigenvalue weighted by Gasteiger charge is 2.48. The predicted octanol–water partition coefficient (Wildman–Crippen LogP) is -2.69. The van der Waals surface area contributed by atoms with Crippen LogP contribution >= 0.6 is 15.6 Å². The lowest BCUT2D eigenvalue weighted by atomic mass is 10.1. The van der Waals surface area contributed by atoms with Gasteiger partial charge in [-0.3, -0.25) is 18.4 Å². The standard InChI is InChI=1S/C21H29N7O14P2/c22-17-12-19(25-7-24-17)28(8-26-12)21-16(32)14(30)11(41-21)6-39-44(36,37)42-43(34,35)38-5-10-13(29)15(31)20(40-10)27-3-1-2-9(4-27)18(23)33/h1,3-4,7-8,10-11,13-16,20-21,29-32H,2,5-6H2,(H2,23,33)(H,34,35)(H,36,37)(H2,22,24,25)/t10-,11-,13-,14?,15-,16?,20?,21?/m1/s1. The van der Waals surface area contributed by atoms with E-state index in [1.807, 2.05) is 0 Å². The molecular weight excluding hydrogens is 636 g/mol. The first kappa shape index (κ1) is 32.5. The van der Waals surface area contributed by atoms with Gasteiger partial charge in [-0.1, -0.05) is 6.08 Å². The fraction of sp³-hybridized carbons (Fsp3) is 0.524. The molecule has 44 heavy (non-hydrogen) atoms. The number of aromatic nitrogens is 4. The fourth-order valence-electron chi connectivity index (χ4n) is 4.68. The van der Waals surface area contributed by atoms with Crippen molar-refractivity contribution in [3.8, 4) is 0 Å². The molecule has 0 bridgehead atoms. The molecule has 2 aromatic rings. The van der Waals surface area contributed by atoms with Crippen LogP contribution in [0.1, 0.15) is 12.6 Å². The van der Waals surface area contributed by atoms with Crippen molar-refractivity contribution in [1.29, 1.82) is 0 Å². The molecule has 242 valence electrons. The van der Waals surface area contributed by atoms with E-state index < -0.39 is 83.8 Å². The number of hydrogen-bond acceptors (Lipinski definition) is 17. The van der Waals surface area contributed by atoms with Crippen LogP contribution in [-0.2, 0) is 36.8 Å². The largest absolute Gasteiger partial charge is 0.481 e. The second kappa shape index (κ2) is 12.5. The number of nitrogens with two attached hydrogens (primary N) is 2. The first-order valence-electron chi connectivity index (χ1n) is 12.7. The number of rotatable bonds is 11. The molecule has 3 aliphatic heterocycles. The summed E-state index contributed by atoms with van der Waals surface area (Å²) in [6.45, 7) is -1.79. The highest BCUT2D eigenvalue weighted by Crippen LogP contribution is 2.60. The number of fused-ring (bicyclic) bond motifs is 1. The minimum absolute atomic E-state index is 0.0517. The molecule has 1 amide bonds. The molecule has 10 atom stereocenters. The normalized spacial score (nSPS) is 33.3. The number of anilines is 1. The molecule has 0 aliphatic carbocycles. The summed E-state index contributed by atoms with van der Waals surface area (Å²) in [4.78, 5) is 44.6. The van der Waals surface area contributed by atoms with E-state index in [1.165, 1.54) is 28.2 Å². The quantitative estimate of drug-likeness (QED) is 0.113. The Morgan fingerprint density at radius 2 is 1.55 bits per heavy atom. The highest BCUT2D eigenvalue weighted by molar-refractivity contribution is 7.61. The van der Waals surface area contributed by atoms with Crippen LogP contribution in [-0.4, -0.2) is 117 Å². The van der Waals surface area contributed by atoms with E-state index in [0.29, 0.717) is 0 Å². The van der Waals surface area contributed by atoms with Crippen LogP contribution in [0.2, 0.25) is 0 Å². The highest BCUT2D eigenvalue weighted by atomic mass is 31.3. The minimum atomic E-state index is -5.37. The Balaban J connectivity index is 1.15. The first-order valence-corrected chi connectivity index (χ1v) is 15.7. The van der Waals surface area contributed by atoms with Crippen LogP contribution in [0.3, 0.4) is 0 Å². The van der Waals surface area contributed by atoms with E-state index in [-0.39, 0.29) is 29.0 Å². The molecule has 5 rings (SSSR count). The maximum atomic E-state index is 12.4. The Labute approximate surface area is 247 Å². The third-order valence-corrected chi connectivity index (χ3v) is 9.48. The first-order chi connectivity index (χ1) is 20.7. The third-order valence-electron chi connectivity index (χ3n) is 6.88. The van der Waals surface area contributed by atoms with Crippen molar-refractivity contribution in [3.63, 3.8) is 0 Å².